The molecule has 0 amide bonds. The molecule has 0 spiro atoms. The molecule has 0 aromatic carbocycles. The van der Waals surface area contributed by atoms with E-state index < -0.39 is 0 Å². The Morgan fingerprint density at radius 1 is 1.27 bits per heavy atom. The van der Waals surface area contributed by atoms with Gasteiger partial charge in [0.15, 0.2) is 0 Å². The lowest BCUT2D eigenvalue weighted by atomic mass is 10.3. The topological polar surface area (TPSA) is 37.8 Å². The summed E-state index contributed by atoms with van der Waals surface area (Å²) in [6.07, 6.45) is 5.60. The summed E-state index contributed by atoms with van der Waals surface area (Å²) >= 11 is 1.72. The van der Waals surface area contributed by atoms with Gasteiger partial charge in [-0.1, -0.05) is 0 Å². The third kappa shape index (κ3) is 2.76. The van der Waals surface area contributed by atoms with Crippen molar-refractivity contribution in [2.24, 2.45) is 0 Å². The molecule has 0 atom stereocenters. The van der Waals surface area contributed by atoms with E-state index in [1.165, 1.54) is 10.4 Å². The average Bonchev–Trinajstić information content (AvgIpc) is 2.62. The maximum atomic E-state index is 4.21. The normalized spacial score (nSPS) is 10.3. The van der Waals surface area contributed by atoms with Crippen LogP contribution in [-0.2, 0) is 6.54 Å². The molecule has 2 heterocycles. The van der Waals surface area contributed by atoms with Crippen molar-refractivity contribution < 1.29 is 0 Å². The summed E-state index contributed by atoms with van der Waals surface area (Å²) in [5.41, 5.74) is 2.22. The van der Waals surface area contributed by atoms with Crippen LogP contribution in [0, 0.1) is 13.8 Å². The van der Waals surface area contributed by atoms with Crippen molar-refractivity contribution >= 4 is 17.0 Å². The first-order valence-corrected chi connectivity index (χ1v) is 5.62. The fraction of sp³-hybridized carbons (Fsp3) is 0.273. The van der Waals surface area contributed by atoms with E-state index in [1.54, 1.807) is 11.3 Å². The highest BCUT2D eigenvalue weighted by molar-refractivity contribution is 7.11. The lowest BCUT2D eigenvalue weighted by Gasteiger charge is -2.04. The van der Waals surface area contributed by atoms with Crippen LogP contribution in [0.1, 0.15) is 15.4 Å². The third-order valence-electron chi connectivity index (χ3n) is 2.01. The number of pyridine rings is 1. The Bertz CT molecular complexity index is 451. The molecule has 0 aliphatic carbocycles. The Hall–Kier alpha value is -1.42. The van der Waals surface area contributed by atoms with Gasteiger partial charge in [-0.15, -0.1) is 11.3 Å². The first-order chi connectivity index (χ1) is 7.24. The molecule has 2 aromatic rings. The Labute approximate surface area is 93.2 Å². The summed E-state index contributed by atoms with van der Waals surface area (Å²) in [5.74, 6) is 0. The first kappa shape index (κ1) is 10.1. The highest BCUT2D eigenvalue weighted by atomic mass is 32.1. The summed E-state index contributed by atoms with van der Waals surface area (Å²) < 4.78 is 0. The fourth-order valence-corrected chi connectivity index (χ4v) is 2.06. The summed E-state index contributed by atoms with van der Waals surface area (Å²) in [6.45, 7) is 4.87. The zero-order valence-corrected chi connectivity index (χ0v) is 9.64. The smallest absolute Gasteiger partial charge is 0.0897 e. The van der Waals surface area contributed by atoms with E-state index in [-0.39, 0.29) is 0 Å². The second kappa shape index (κ2) is 4.40. The van der Waals surface area contributed by atoms with E-state index in [4.69, 9.17) is 0 Å². The first-order valence-electron chi connectivity index (χ1n) is 4.81. The second-order valence-electron chi connectivity index (χ2n) is 3.45. The van der Waals surface area contributed by atoms with Crippen molar-refractivity contribution in [3.63, 3.8) is 0 Å². The summed E-state index contributed by atoms with van der Waals surface area (Å²) in [4.78, 5) is 9.58. The molecule has 15 heavy (non-hydrogen) atoms. The average molecular weight is 219 g/mol. The number of thiazole rings is 1. The molecule has 0 aliphatic rings. The van der Waals surface area contributed by atoms with Gasteiger partial charge < -0.3 is 5.32 Å². The van der Waals surface area contributed by atoms with E-state index in [0.717, 1.165) is 17.2 Å². The number of rotatable bonds is 3. The van der Waals surface area contributed by atoms with Crippen molar-refractivity contribution in [1.82, 2.24) is 9.97 Å². The molecule has 0 unspecified atom stereocenters. The minimum absolute atomic E-state index is 0.816. The highest BCUT2D eigenvalue weighted by Crippen LogP contribution is 2.14. The van der Waals surface area contributed by atoms with Crippen LogP contribution in [0.5, 0.6) is 0 Å². The Morgan fingerprint density at radius 3 is 2.80 bits per heavy atom. The number of aromatic nitrogens is 2. The van der Waals surface area contributed by atoms with Gasteiger partial charge >= 0.3 is 0 Å². The summed E-state index contributed by atoms with van der Waals surface area (Å²) in [5, 5.41) is 4.43. The maximum Gasteiger partial charge on any atom is 0.0897 e. The fourth-order valence-electron chi connectivity index (χ4n) is 1.33. The van der Waals surface area contributed by atoms with Crippen molar-refractivity contribution in [3.05, 3.63) is 40.1 Å². The van der Waals surface area contributed by atoms with Crippen LogP contribution >= 0.6 is 11.3 Å². The number of nitrogens with zero attached hydrogens (tertiary/aromatic N) is 2. The van der Waals surface area contributed by atoms with Gasteiger partial charge in [-0.05, 0) is 25.5 Å². The van der Waals surface area contributed by atoms with E-state index in [1.807, 2.05) is 32.4 Å². The van der Waals surface area contributed by atoms with Crippen LogP contribution in [0.25, 0.3) is 0 Å². The molecule has 0 aliphatic heterocycles. The largest absolute Gasteiger partial charge is 0.379 e. The quantitative estimate of drug-likeness (QED) is 0.862. The molecule has 2 aromatic heterocycles. The minimum Gasteiger partial charge on any atom is -0.379 e. The van der Waals surface area contributed by atoms with Gasteiger partial charge in [-0.3, -0.25) is 4.98 Å². The standard InChI is InChI=1S/C11H13N3S/c1-8-3-10(5-12-4-8)14-7-11-6-13-9(2)15-11/h3-6,14H,7H2,1-2H3. The van der Waals surface area contributed by atoms with Crippen molar-refractivity contribution in [2.75, 3.05) is 5.32 Å². The van der Waals surface area contributed by atoms with E-state index >= 15 is 0 Å². The molecular formula is C11H13N3S. The number of hydrogen-bond donors (Lipinski definition) is 1. The van der Waals surface area contributed by atoms with Gasteiger partial charge in [0.1, 0.15) is 0 Å². The minimum atomic E-state index is 0.816. The Kier molecular flexibility index (Phi) is 2.97. The molecule has 0 saturated carbocycles. The molecule has 1 N–H and O–H groups in total. The summed E-state index contributed by atoms with van der Waals surface area (Å²) in [6, 6.07) is 2.08. The van der Waals surface area contributed by atoms with Crippen molar-refractivity contribution in [1.29, 1.82) is 0 Å². The van der Waals surface area contributed by atoms with E-state index in [0.29, 0.717) is 0 Å². The molecule has 0 radical (unpaired) electrons. The van der Waals surface area contributed by atoms with Crippen LogP contribution < -0.4 is 5.32 Å². The number of hydrogen-bond acceptors (Lipinski definition) is 4. The van der Waals surface area contributed by atoms with Gasteiger partial charge in [0, 0.05) is 23.5 Å². The molecule has 0 saturated heterocycles. The monoisotopic (exact) mass is 219 g/mol. The van der Waals surface area contributed by atoms with Crippen LogP contribution in [0.3, 0.4) is 0 Å². The zero-order chi connectivity index (χ0) is 10.7. The summed E-state index contributed by atoms with van der Waals surface area (Å²) in [7, 11) is 0. The SMILES string of the molecule is Cc1cncc(NCc2cnc(C)s2)c1. The van der Waals surface area contributed by atoms with E-state index in [9.17, 15) is 0 Å². The molecular weight excluding hydrogens is 206 g/mol. The van der Waals surface area contributed by atoms with Gasteiger partial charge in [-0.2, -0.15) is 0 Å². The third-order valence-corrected chi connectivity index (χ3v) is 2.92. The highest BCUT2D eigenvalue weighted by Gasteiger charge is 1.98. The van der Waals surface area contributed by atoms with Crippen molar-refractivity contribution in [3.8, 4) is 0 Å². The Balaban J connectivity index is 1.99. The van der Waals surface area contributed by atoms with Gasteiger partial charge in [-0.25, -0.2) is 4.98 Å². The number of aryl methyl sites for hydroxylation is 2. The second-order valence-corrected chi connectivity index (χ2v) is 4.77. The molecule has 3 nitrogen and oxygen atoms in total. The number of nitrogens with one attached hydrogen (secondary N) is 1. The van der Waals surface area contributed by atoms with Crippen LogP contribution in [0.2, 0.25) is 0 Å². The predicted octanol–water partition coefficient (Wildman–Crippen LogP) is 2.77. The lowest BCUT2D eigenvalue weighted by Crippen LogP contribution is -1.97. The number of anilines is 1. The van der Waals surface area contributed by atoms with Crippen LogP contribution in [0.4, 0.5) is 5.69 Å². The molecule has 4 heteroatoms. The zero-order valence-electron chi connectivity index (χ0n) is 8.82. The molecule has 0 fully saturated rings. The lowest BCUT2D eigenvalue weighted by molar-refractivity contribution is 1.15. The van der Waals surface area contributed by atoms with Crippen LogP contribution in [-0.4, -0.2) is 9.97 Å². The predicted molar refractivity (Wildman–Crippen MR) is 63.2 cm³/mol. The van der Waals surface area contributed by atoms with Crippen molar-refractivity contribution in [2.45, 2.75) is 20.4 Å². The van der Waals surface area contributed by atoms with Gasteiger partial charge in [0.05, 0.1) is 17.2 Å². The van der Waals surface area contributed by atoms with Gasteiger partial charge in [0.25, 0.3) is 0 Å². The molecule has 2 rings (SSSR count). The maximum absolute atomic E-state index is 4.21. The van der Waals surface area contributed by atoms with E-state index in [2.05, 4.69) is 21.4 Å². The molecule has 78 valence electrons. The Morgan fingerprint density at radius 2 is 2.13 bits per heavy atom. The van der Waals surface area contributed by atoms with Crippen LogP contribution in [0.15, 0.2) is 24.7 Å². The van der Waals surface area contributed by atoms with Gasteiger partial charge in [0.2, 0.25) is 0 Å². The molecule has 0 bridgehead atoms.